The molecular weight excluding hydrogens is 399 g/mol. The summed E-state index contributed by atoms with van der Waals surface area (Å²) in [5.74, 6) is 1.96. The first-order valence-electron chi connectivity index (χ1n) is 8.96. The molecule has 2 rings (SSSR count). The minimum Gasteiger partial charge on any atom is -1.00 e. The van der Waals surface area contributed by atoms with E-state index in [1.807, 2.05) is 20.8 Å². The predicted molar refractivity (Wildman–Crippen MR) is 100.0 cm³/mol. The zero-order valence-corrected chi connectivity index (χ0v) is 20.5. The Morgan fingerprint density at radius 1 is 0.885 bits per heavy atom. The van der Waals surface area contributed by atoms with Crippen LogP contribution in [-0.4, -0.2) is 0 Å². The molecule has 0 aliphatic heterocycles. The van der Waals surface area contributed by atoms with Gasteiger partial charge in [-0.3, -0.25) is 0 Å². The van der Waals surface area contributed by atoms with Crippen LogP contribution in [0.15, 0.2) is 28.9 Å². The molecule has 1 aromatic carbocycles. The topological polar surface area (TPSA) is 9.23 Å². The third-order valence-corrected chi connectivity index (χ3v) is 6.18. The summed E-state index contributed by atoms with van der Waals surface area (Å²) in [5.41, 5.74) is 9.92. The molecular formula is C22H31Cl2OTi. The van der Waals surface area contributed by atoms with Crippen LogP contribution in [0.5, 0.6) is 5.75 Å². The molecule has 143 valence electrons. The second-order valence-corrected chi connectivity index (χ2v) is 8.55. The average Bonchev–Trinajstić information content (AvgIpc) is 2.65. The average molecular weight is 430 g/mol. The van der Waals surface area contributed by atoms with Crippen LogP contribution >= 0.6 is 0 Å². The summed E-state index contributed by atoms with van der Waals surface area (Å²) < 4.78 is 5.92. The number of benzene rings is 1. The molecule has 0 aromatic heterocycles. The summed E-state index contributed by atoms with van der Waals surface area (Å²) in [7, 11) is 0. The predicted octanol–water partition coefficient (Wildman–Crippen LogP) is 0.932. The van der Waals surface area contributed by atoms with Crippen molar-refractivity contribution >= 4 is 5.57 Å². The molecule has 0 unspecified atom stereocenters. The maximum absolute atomic E-state index is 5.92. The van der Waals surface area contributed by atoms with Crippen molar-refractivity contribution in [1.82, 2.24) is 0 Å². The van der Waals surface area contributed by atoms with Crippen molar-refractivity contribution in [3.05, 3.63) is 45.5 Å². The van der Waals surface area contributed by atoms with Crippen molar-refractivity contribution in [2.75, 3.05) is 0 Å². The van der Waals surface area contributed by atoms with E-state index in [-0.39, 0.29) is 30.2 Å². The molecule has 0 bridgehead atoms. The van der Waals surface area contributed by atoms with Gasteiger partial charge in [0.15, 0.2) is 0 Å². The second-order valence-electron chi connectivity index (χ2n) is 8.23. The van der Waals surface area contributed by atoms with Gasteiger partial charge >= 0.3 is 161 Å². The second kappa shape index (κ2) is 9.33. The maximum Gasteiger partial charge on any atom is -1.00 e. The number of rotatable bonds is 4. The fourth-order valence-corrected chi connectivity index (χ4v) is 4.46. The molecule has 0 fully saturated rings. The van der Waals surface area contributed by atoms with Gasteiger partial charge in [-0.15, -0.1) is 0 Å². The van der Waals surface area contributed by atoms with E-state index in [0.29, 0.717) is 11.8 Å². The van der Waals surface area contributed by atoms with E-state index in [2.05, 4.69) is 74.4 Å². The van der Waals surface area contributed by atoms with Gasteiger partial charge in [-0.1, -0.05) is 0 Å². The van der Waals surface area contributed by atoms with Gasteiger partial charge < -0.3 is 24.8 Å². The van der Waals surface area contributed by atoms with Gasteiger partial charge in [0.05, 0.1) is 0 Å². The Morgan fingerprint density at radius 2 is 1.42 bits per heavy atom. The Balaban J connectivity index is 0.00000312. The zero-order valence-electron chi connectivity index (χ0n) is 17.5. The Kier molecular flexibility index (Phi) is 9.25. The summed E-state index contributed by atoms with van der Waals surface area (Å²) in [5, 5.41) is 0. The monoisotopic (exact) mass is 429 g/mol. The fourth-order valence-electron chi connectivity index (χ4n) is 4.11. The smallest absolute Gasteiger partial charge is 1.00 e. The van der Waals surface area contributed by atoms with Crippen molar-refractivity contribution < 1.29 is 49.0 Å². The molecule has 4 heteroatoms. The minimum absolute atomic E-state index is 0. The Bertz CT molecular complexity index is 728. The van der Waals surface area contributed by atoms with Crippen LogP contribution < -0.4 is 28.1 Å². The molecule has 1 aromatic rings. The molecule has 0 radical (unpaired) electrons. The fraction of sp³-hybridized carbons (Fsp3) is 0.545. The van der Waals surface area contributed by atoms with Gasteiger partial charge in [0, 0.05) is 0 Å². The van der Waals surface area contributed by atoms with Crippen LogP contribution in [0.25, 0.3) is 5.57 Å². The maximum atomic E-state index is 5.92. The molecule has 1 aliphatic carbocycles. The first-order chi connectivity index (χ1) is 11.1. The number of hydrogen-bond donors (Lipinski definition) is 0. The SMILES string of the molecule is CC1=C(C)C(C)(C)C(c2ccc(C(C)C)c([O][Ti+2])c2C(C)C)=C1C.[Cl-].[Cl-]. The molecule has 0 atom stereocenters. The Hall–Kier alpha value is -0.206. The molecule has 0 saturated heterocycles. The van der Waals surface area contributed by atoms with Crippen molar-refractivity contribution in [2.24, 2.45) is 5.41 Å². The largest absolute Gasteiger partial charge is 1.00 e. The first kappa shape index (κ1) is 25.8. The van der Waals surface area contributed by atoms with Crippen LogP contribution in [0, 0.1) is 5.41 Å². The van der Waals surface area contributed by atoms with Crippen LogP contribution in [0.1, 0.15) is 90.8 Å². The van der Waals surface area contributed by atoms with Crippen LogP contribution in [-0.2, 0) is 20.8 Å². The summed E-state index contributed by atoms with van der Waals surface area (Å²) in [6.45, 7) is 20.5. The number of halogens is 2. The standard InChI is InChI=1S/C22H32O.2ClH.Ti/c1-12(2)17-10-11-18(19(13(3)4)21(17)23)20-15(6)14(5)16(7)22(20,8)9;;;/h10-13,23H,1-9H3;2*1H;/q;;;+3/p-3. The number of hydrogen-bond acceptors (Lipinski definition) is 1. The molecule has 0 spiro atoms. The van der Waals surface area contributed by atoms with Crippen LogP contribution in [0.4, 0.5) is 0 Å². The molecule has 0 saturated carbocycles. The summed E-state index contributed by atoms with van der Waals surface area (Å²) in [6.07, 6.45) is 0. The molecule has 0 amide bonds. The molecule has 1 aliphatic rings. The van der Waals surface area contributed by atoms with Gasteiger partial charge in [0.1, 0.15) is 0 Å². The van der Waals surface area contributed by atoms with E-state index < -0.39 is 0 Å². The van der Waals surface area contributed by atoms with E-state index in [9.17, 15) is 0 Å². The van der Waals surface area contributed by atoms with Crippen molar-refractivity contribution in [2.45, 2.75) is 74.1 Å². The third-order valence-electron chi connectivity index (χ3n) is 5.86. The number of allylic oxidation sites excluding steroid dienone is 4. The molecule has 26 heavy (non-hydrogen) atoms. The minimum atomic E-state index is 0. The normalized spacial score (nSPS) is 16.2. The summed E-state index contributed by atoms with van der Waals surface area (Å²) in [6, 6.07) is 4.60. The summed E-state index contributed by atoms with van der Waals surface area (Å²) >= 11 is 1.81. The zero-order chi connectivity index (χ0) is 18.4. The van der Waals surface area contributed by atoms with Crippen molar-refractivity contribution in [1.29, 1.82) is 0 Å². The van der Waals surface area contributed by atoms with Gasteiger partial charge in [0.2, 0.25) is 0 Å². The van der Waals surface area contributed by atoms with Crippen LogP contribution in [0.2, 0.25) is 0 Å². The summed E-state index contributed by atoms with van der Waals surface area (Å²) in [4.78, 5) is 0. The van der Waals surface area contributed by atoms with Crippen molar-refractivity contribution in [3.8, 4) is 5.75 Å². The molecule has 0 N–H and O–H groups in total. The first-order valence-corrected chi connectivity index (χ1v) is 9.59. The van der Waals surface area contributed by atoms with Crippen LogP contribution in [0.3, 0.4) is 0 Å². The Morgan fingerprint density at radius 3 is 1.77 bits per heavy atom. The quantitative estimate of drug-likeness (QED) is 0.647. The van der Waals surface area contributed by atoms with Gasteiger partial charge in [-0.2, -0.15) is 0 Å². The van der Waals surface area contributed by atoms with Gasteiger partial charge in [0.25, 0.3) is 0 Å². The molecule has 0 heterocycles. The van der Waals surface area contributed by atoms with Crippen molar-refractivity contribution in [3.63, 3.8) is 0 Å². The van der Waals surface area contributed by atoms with E-state index in [1.54, 1.807) is 0 Å². The third kappa shape index (κ3) is 4.12. The van der Waals surface area contributed by atoms with Gasteiger partial charge in [-0.25, -0.2) is 0 Å². The van der Waals surface area contributed by atoms with E-state index in [1.165, 1.54) is 39.0 Å². The Labute approximate surface area is 184 Å². The van der Waals surface area contributed by atoms with E-state index in [4.69, 9.17) is 3.32 Å². The van der Waals surface area contributed by atoms with E-state index in [0.717, 1.165) is 5.75 Å². The van der Waals surface area contributed by atoms with Gasteiger partial charge in [-0.05, 0) is 0 Å². The van der Waals surface area contributed by atoms with E-state index >= 15 is 0 Å². The molecule has 1 nitrogen and oxygen atoms in total.